The number of hydrogen-bond donors (Lipinski definition) is 2. The highest BCUT2D eigenvalue weighted by molar-refractivity contribution is 7.22. The van der Waals surface area contributed by atoms with Crippen LogP contribution >= 0.6 is 11.3 Å². The summed E-state index contributed by atoms with van der Waals surface area (Å²) in [6, 6.07) is 14.4. The molecule has 2 aromatic carbocycles. The summed E-state index contributed by atoms with van der Waals surface area (Å²) in [7, 11) is 0. The normalized spacial score (nSPS) is 10.9. The van der Waals surface area contributed by atoms with Crippen LogP contribution in [0.5, 0.6) is 0 Å². The lowest BCUT2D eigenvalue weighted by Gasteiger charge is -2.04. The van der Waals surface area contributed by atoms with Crippen molar-refractivity contribution in [2.24, 2.45) is 0 Å². The molecule has 0 spiro atoms. The third-order valence-electron chi connectivity index (χ3n) is 3.14. The lowest BCUT2D eigenvalue weighted by atomic mass is 10.0. The number of fused-ring (bicyclic) bond motifs is 1. The van der Waals surface area contributed by atoms with Gasteiger partial charge in [-0.25, -0.2) is 4.98 Å². The van der Waals surface area contributed by atoms with E-state index in [4.69, 9.17) is 11.5 Å². The average Bonchev–Trinajstić information content (AvgIpc) is 2.77. The molecule has 3 nitrogen and oxygen atoms in total. The molecule has 0 saturated carbocycles. The lowest BCUT2D eigenvalue weighted by Crippen LogP contribution is -1.95. The molecular formula is C15H15N3S. The van der Waals surface area contributed by atoms with E-state index in [1.165, 1.54) is 22.5 Å². The van der Waals surface area contributed by atoms with Crippen LogP contribution in [0.2, 0.25) is 0 Å². The average molecular weight is 269 g/mol. The van der Waals surface area contributed by atoms with Crippen molar-refractivity contribution in [2.45, 2.75) is 12.8 Å². The van der Waals surface area contributed by atoms with E-state index in [-0.39, 0.29) is 0 Å². The minimum absolute atomic E-state index is 0.599. The third kappa shape index (κ3) is 2.53. The van der Waals surface area contributed by atoms with Crippen molar-refractivity contribution in [3.8, 4) is 0 Å². The Balaban J connectivity index is 1.92. The second kappa shape index (κ2) is 4.90. The summed E-state index contributed by atoms with van der Waals surface area (Å²) in [4.78, 5) is 4.41. The largest absolute Gasteiger partial charge is 0.399 e. The van der Waals surface area contributed by atoms with Gasteiger partial charge in [0.2, 0.25) is 0 Å². The summed E-state index contributed by atoms with van der Waals surface area (Å²) < 4.78 is 1.07. The lowest BCUT2D eigenvalue weighted by molar-refractivity contribution is 0.967. The zero-order valence-electron chi connectivity index (χ0n) is 10.5. The van der Waals surface area contributed by atoms with Crippen LogP contribution in [-0.2, 0) is 12.8 Å². The number of thiazole rings is 1. The Morgan fingerprint density at radius 1 is 1.00 bits per heavy atom. The van der Waals surface area contributed by atoms with E-state index in [1.807, 2.05) is 18.2 Å². The van der Waals surface area contributed by atoms with E-state index in [9.17, 15) is 0 Å². The van der Waals surface area contributed by atoms with Gasteiger partial charge in [0.05, 0.1) is 10.2 Å². The molecule has 3 aromatic rings. The molecule has 4 N–H and O–H groups in total. The van der Waals surface area contributed by atoms with E-state index in [2.05, 4.69) is 29.2 Å². The monoisotopic (exact) mass is 269 g/mol. The number of nitrogens with zero attached hydrogens (tertiary/aromatic N) is 1. The molecule has 0 bridgehead atoms. The van der Waals surface area contributed by atoms with Gasteiger partial charge in [0.15, 0.2) is 5.13 Å². The first kappa shape index (κ1) is 12.0. The van der Waals surface area contributed by atoms with Crippen molar-refractivity contribution in [1.29, 1.82) is 0 Å². The fraction of sp³-hybridized carbons (Fsp3) is 0.133. The fourth-order valence-corrected chi connectivity index (χ4v) is 3.08. The Hall–Kier alpha value is -2.07. The number of nitrogen functional groups attached to an aromatic ring is 2. The molecule has 1 aromatic heterocycles. The van der Waals surface area contributed by atoms with Crippen LogP contribution in [0.15, 0.2) is 42.5 Å². The van der Waals surface area contributed by atoms with Crippen LogP contribution < -0.4 is 11.5 Å². The van der Waals surface area contributed by atoms with E-state index in [1.54, 1.807) is 0 Å². The third-order valence-corrected chi connectivity index (χ3v) is 3.97. The highest BCUT2D eigenvalue weighted by atomic mass is 32.1. The van der Waals surface area contributed by atoms with E-state index in [0.29, 0.717) is 5.13 Å². The predicted octanol–water partition coefficient (Wildman–Crippen LogP) is 3.25. The van der Waals surface area contributed by atoms with E-state index >= 15 is 0 Å². The van der Waals surface area contributed by atoms with Gasteiger partial charge in [-0.2, -0.15) is 0 Å². The number of aromatic nitrogens is 1. The van der Waals surface area contributed by atoms with Crippen LogP contribution in [0.4, 0.5) is 10.8 Å². The summed E-state index contributed by atoms with van der Waals surface area (Å²) >= 11 is 1.49. The van der Waals surface area contributed by atoms with Gasteiger partial charge in [0, 0.05) is 5.69 Å². The minimum atomic E-state index is 0.599. The maximum Gasteiger partial charge on any atom is 0.181 e. The summed E-state index contributed by atoms with van der Waals surface area (Å²) in [5, 5.41) is 0.599. The van der Waals surface area contributed by atoms with Gasteiger partial charge in [0.1, 0.15) is 0 Å². The zero-order chi connectivity index (χ0) is 13.2. The second-order valence-corrected chi connectivity index (χ2v) is 5.63. The van der Waals surface area contributed by atoms with Crippen LogP contribution in [0, 0.1) is 0 Å². The molecule has 0 aliphatic carbocycles. The molecule has 0 unspecified atom stereocenters. The van der Waals surface area contributed by atoms with Gasteiger partial charge >= 0.3 is 0 Å². The predicted molar refractivity (Wildman–Crippen MR) is 82.3 cm³/mol. The van der Waals surface area contributed by atoms with E-state index in [0.717, 1.165) is 28.7 Å². The number of anilines is 2. The van der Waals surface area contributed by atoms with Gasteiger partial charge in [-0.05, 0) is 36.1 Å². The van der Waals surface area contributed by atoms with Gasteiger partial charge in [-0.3, -0.25) is 0 Å². The standard InChI is InChI=1S/C15H15N3S/c16-12-8-11(7-6-10-4-2-1-3-5-10)14-13(9-12)19-15(17)18-14/h1-5,8-9H,6-7,16H2,(H2,17,18). The smallest absolute Gasteiger partial charge is 0.181 e. The molecule has 0 aliphatic heterocycles. The van der Waals surface area contributed by atoms with Crippen molar-refractivity contribution in [3.63, 3.8) is 0 Å². The van der Waals surface area contributed by atoms with Gasteiger partial charge in [0.25, 0.3) is 0 Å². The molecule has 0 aliphatic rings. The van der Waals surface area contributed by atoms with Crippen LogP contribution in [-0.4, -0.2) is 4.98 Å². The number of aryl methyl sites for hydroxylation is 2. The van der Waals surface area contributed by atoms with Crippen LogP contribution in [0.25, 0.3) is 10.2 Å². The second-order valence-electron chi connectivity index (χ2n) is 4.56. The van der Waals surface area contributed by atoms with Gasteiger partial charge in [-0.15, -0.1) is 0 Å². The summed E-state index contributed by atoms with van der Waals surface area (Å²) in [5.74, 6) is 0. The highest BCUT2D eigenvalue weighted by Gasteiger charge is 2.08. The van der Waals surface area contributed by atoms with Crippen molar-refractivity contribution in [1.82, 2.24) is 4.98 Å². The fourth-order valence-electron chi connectivity index (χ4n) is 2.25. The maximum atomic E-state index is 5.94. The van der Waals surface area contributed by atoms with Gasteiger partial charge in [-0.1, -0.05) is 41.7 Å². The summed E-state index contributed by atoms with van der Waals surface area (Å²) in [6.45, 7) is 0. The minimum Gasteiger partial charge on any atom is -0.399 e. The van der Waals surface area contributed by atoms with Crippen molar-refractivity contribution in [3.05, 3.63) is 53.6 Å². The van der Waals surface area contributed by atoms with Crippen LogP contribution in [0.3, 0.4) is 0 Å². The van der Waals surface area contributed by atoms with Crippen molar-refractivity contribution < 1.29 is 0 Å². The summed E-state index contributed by atoms with van der Waals surface area (Å²) in [5.41, 5.74) is 16.0. The molecule has 96 valence electrons. The van der Waals surface area contributed by atoms with E-state index < -0.39 is 0 Å². The maximum absolute atomic E-state index is 5.94. The van der Waals surface area contributed by atoms with Crippen LogP contribution in [0.1, 0.15) is 11.1 Å². The number of nitrogens with two attached hydrogens (primary N) is 2. The topological polar surface area (TPSA) is 64.9 Å². The Morgan fingerprint density at radius 2 is 1.79 bits per heavy atom. The van der Waals surface area contributed by atoms with Crippen molar-refractivity contribution >= 4 is 32.4 Å². The Bertz CT molecular complexity index is 704. The molecule has 0 fully saturated rings. The molecule has 4 heteroatoms. The molecule has 3 rings (SSSR count). The molecule has 0 radical (unpaired) electrons. The molecule has 0 amide bonds. The zero-order valence-corrected chi connectivity index (χ0v) is 11.3. The number of hydrogen-bond acceptors (Lipinski definition) is 4. The molecule has 0 saturated heterocycles. The van der Waals surface area contributed by atoms with Crippen molar-refractivity contribution in [2.75, 3.05) is 11.5 Å². The highest BCUT2D eigenvalue weighted by Crippen LogP contribution is 2.29. The number of benzene rings is 2. The SMILES string of the molecule is Nc1cc(CCc2ccccc2)c2nc(N)sc2c1. The molecule has 19 heavy (non-hydrogen) atoms. The Morgan fingerprint density at radius 3 is 2.58 bits per heavy atom. The Kier molecular flexibility index (Phi) is 3.09. The quantitative estimate of drug-likeness (QED) is 0.717. The summed E-state index contributed by atoms with van der Waals surface area (Å²) in [6.07, 6.45) is 1.91. The molecular weight excluding hydrogens is 254 g/mol. The first-order valence-electron chi connectivity index (χ1n) is 6.21. The Labute approximate surface area is 115 Å². The van der Waals surface area contributed by atoms with Gasteiger partial charge < -0.3 is 11.5 Å². The number of rotatable bonds is 3. The first-order chi connectivity index (χ1) is 9.22. The molecule has 1 heterocycles. The molecule has 0 atom stereocenters. The first-order valence-corrected chi connectivity index (χ1v) is 7.02.